The number of hydrogen-bond donors (Lipinski definition) is 2. The van der Waals surface area contributed by atoms with Gasteiger partial charge in [0.15, 0.2) is 0 Å². The third-order valence-electron chi connectivity index (χ3n) is 3.81. The summed E-state index contributed by atoms with van der Waals surface area (Å²) in [5, 5.41) is 12.8. The predicted octanol–water partition coefficient (Wildman–Crippen LogP) is 2.68. The molecule has 2 aromatic carbocycles. The van der Waals surface area contributed by atoms with Crippen molar-refractivity contribution in [2.45, 2.75) is 19.4 Å². The van der Waals surface area contributed by atoms with E-state index in [-0.39, 0.29) is 10.6 Å². The molecule has 0 spiro atoms. The first-order chi connectivity index (χ1) is 10.8. The maximum atomic E-state index is 13.8. The Bertz CT molecular complexity index is 797. The van der Waals surface area contributed by atoms with Crippen LogP contribution in [0.4, 0.5) is 10.1 Å². The molecule has 0 aliphatic carbocycles. The maximum absolute atomic E-state index is 13.8. The minimum absolute atomic E-state index is 0.105. The molecule has 7 heteroatoms. The Hall–Kier alpha value is -1.89. The van der Waals surface area contributed by atoms with Crippen LogP contribution in [0.2, 0.25) is 5.02 Å². The predicted molar refractivity (Wildman–Crippen MR) is 87.5 cm³/mol. The van der Waals surface area contributed by atoms with Crippen LogP contribution in [0.3, 0.4) is 0 Å². The normalized spacial score (nSPS) is 15.4. The van der Waals surface area contributed by atoms with E-state index in [0.717, 1.165) is 11.6 Å². The number of benzene rings is 2. The molecule has 1 heterocycles. The third-order valence-corrected chi connectivity index (χ3v) is 4.04. The number of anilines is 1. The molecule has 2 N–H and O–H groups in total. The number of carbonyl (C=O) groups excluding carboxylic acids is 1. The van der Waals surface area contributed by atoms with E-state index < -0.39 is 24.4 Å². The molecule has 0 saturated carbocycles. The van der Waals surface area contributed by atoms with Crippen molar-refractivity contribution in [3.63, 3.8) is 0 Å². The maximum Gasteiger partial charge on any atom is 0.492 e. The van der Waals surface area contributed by atoms with Gasteiger partial charge < -0.3 is 15.0 Å². The molecule has 23 heavy (non-hydrogen) atoms. The minimum Gasteiger partial charge on any atom is -0.423 e. The van der Waals surface area contributed by atoms with Crippen LogP contribution in [0, 0.1) is 5.82 Å². The second kappa shape index (κ2) is 5.63. The number of hydrogen-bond acceptors (Lipinski definition) is 3. The van der Waals surface area contributed by atoms with Crippen LogP contribution >= 0.6 is 11.6 Å². The smallest absolute Gasteiger partial charge is 0.423 e. The Morgan fingerprint density at radius 3 is 2.74 bits per heavy atom. The van der Waals surface area contributed by atoms with Crippen LogP contribution in [0.1, 0.15) is 29.8 Å². The molecule has 0 atom stereocenters. The van der Waals surface area contributed by atoms with Crippen molar-refractivity contribution in [3.05, 3.63) is 58.4 Å². The fraction of sp³-hybridized carbons (Fsp3) is 0.188. The summed E-state index contributed by atoms with van der Waals surface area (Å²) in [4.78, 5) is 12.2. The summed E-state index contributed by atoms with van der Waals surface area (Å²) < 4.78 is 19.2. The minimum atomic E-state index is -1.05. The molecule has 0 bridgehead atoms. The summed E-state index contributed by atoms with van der Waals surface area (Å²) in [7, 11) is -1.05. The number of nitrogens with one attached hydrogen (secondary N) is 1. The Labute approximate surface area is 138 Å². The molecule has 0 fully saturated rings. The van der Waals surface area contributed by atoms with E-state index in [1.807, 2.05) is 13.8 Å². The van der Waals surface area contributed by atoms with Crippen LogP contribution < -0.4 is 10.8 Å². The first-order valence-electron chi connectivity index (χ1n) is 7.04. The summed E-state index contributed by atoms with van der Waals surface area (Å²) in [5.41, 5.74) is 1.18. The van der Waals surface area contributed by atoms with Gasteiger partial charge in [0.25, 0.3) is 5.91 Å². The van der Waals surface area contributed by atoms with Crippen molar-refractivity contribution >= 4 is 35.8 Å². The molecule has 0 radical (unpaired) electrons. The summed E-state index contributed by atoms with van der Waals surface area (Å²) in [6, 6.07) is 8.94. The lowest BCUT2D eigenvalue weighted by Gasteiger charge is -2.19. The standard InChI is InChI=1S/C16H14BClFNO3/c1-16(2)12-6-4-10(8-13(12)17(22)23-16)20-15(21)11-5-3-9(18)7-14(11)19/h3-8,22H,1-2H3,(H,20,21). The highest BCUT2D eigenvalue weighted by Crippen LogP contribution is 2.30. The molecule has 1 aliphatic heterocycles. The molecule has 0 unspecified atom stereocenters. The van der Waals surface area contributed by atoms with Crippen LogP contribution in [-0.2, 0) is 10.3 Å². The van der Waals surface area contributed by atoms with Crippen molar-refractivity contribution in [2.24, 2.45) is 0 Å². The average molecular weight is 334 g/mol. The van der Waals surface area contributed by atoms with E-state index in [2.05, 4.69) is 5.32 Å². The lowest BCUT2D eigenvalue weighted by Crippen LogP contribution is -2.29. The number of carbonyl (C=O) groups is 1. The summed E-state index contributed by atoms with van der Waals surface area (Å²) >= 11 is 5.68. The van der Waals surface area contributed by atoms with Gasteiger partial charge in [-0.15, -0.1) is 0 Å². The van der Waals surface area contributed by atoms with Gasteiger partial charge in [0.05, 0.1) is 11.2 Å². The molecule has 118 valence electrons. The quantitative estimate of drug-likeness (QED) is 0.831. The molecule has 4 nitrogen and oxygen atoms in total. The second-order valence-corrected chi connectivity index (χ2v) is 6.30. The first-order valence-corrected chi connectivity index (χ1v) is 7.42. The molecule has 3 rings (SSSR count). The molecule has 1 amide bonds. The first kappa shape index (κ1) is 16.0. The third kappa shape index (κ3) is 2.97. The van der Waals surface area contributed by atoms with E-state index in [9.17, 15) is 14.2 Å². The second-order valence-electron chi connectivity index (χ2n) is 5.86. The number of fused-ring (bicyclic) bond motifs is 1. The van der Waals surface area contributed by atoms with Gasteiger partial charge in [-0.1, -0.05) is 17.7 Å². The lowest BCUT2D eigenvalue weighted by atomic mass is 9.78. The SMILES string of the molecule is CC1(C)OB(O)c2cc(NC(=O)c3ccc(Cl)cc3F)ccc21. The van der Waals surface area contributed by atoms with Gasteiger partial charge in [0, 0.05) is 10.7 Å². The monoisotopic (exact) mass is 333 g/mol. The van der Waals surface area contributed by atoms with E-state index in [1.165, 1.54) is 12.1 Å². The average Bonchev–Trinajstić information content (AvgIpc) is 2.68. The van der Waals surface area contributed by atoms with Crippen molar-refractivity contribution in [2.75, 3.05) is 5.32 Å². The van der Waals surface area contributed by atoms with E-state index in [0.29, 0.717) is 11.2 Å². The van der Waals surface area contributed by atoms with Gasteiger partial charge in [0.1, 0.15) is 5.82 Å². The van der Waals surface area contributed by atoms with Gasteiger partial charge in [-0.3, -0.25) is 4.79 Å². The molecule has 2 aromatic rings. The van der Waals surface area contributed by atoms with Crippen molar-refractivity contribution in [1.82, 2.24) is 0 Å². The topological polar surface area (TPSA) is 58.6 Å². The van der Waals surface area contributed by atoms with Crippen molar-refractivity contribution in [3.8, 4) is 0 Å². The highest BCUT2D eigenvalue weighted by Gasteiger charge is 2.40. The zero-order chi connectivity index (χ0) is 16.8. The van der Waals surface area contributed by atoms with Gasteiger partial charge in [-0.05, 0) is 55.2 Å². The van der Waals surface area contributed by atoms with Crippen molar-refractivity contribution in [1.29, 1.82) is 0 Å². The van der Waals surface area contributed by atoms with Crippen LogP contribution in [0.25, 0.3) is 0 Å². The van der Waals surface area contributed by atoms with Crippen LogP contribution in [0.15, 0.2) is 36.4 Å². The number of amides is 1. The highest BCUT2D eigenvalue weighted by molar-refractivity contribution is 6.62. The van der Waals surface area contributed by atoms with Gasteiger partial charge >= 0.3 is 7.12 Å². The fourth-order valence-corrected chi connectivity index (χ4v) is 2.83. The van der Waals surface area contributed by atoms with E-state index >= 15 is 0 Å². The fourth-order valence-electron chi connectivity index (χ4n) is 2.67. The Balaban J connectivity index is 1.87. The van der Waals surface area contributed by atoms with Gasteiger partial charge in [0.2, 0.25) is 0 Å². The Morgan fingerprint density at radius 2 is 2.04 bits per heavy atom. The zero-order valence-corrected chi connectivity index (χ0v) is 13.3. The molecular formula is C16H14BClFNO3. The summed E-state index contributed by atoms with van der Waals surface area (Å²) in [5.74, 6) is -1.28. The largest absolute Gasteiger partial charge is 0.492 e. The Kier molecular flexibility index (Phi) is 3.92. The summed E-state index contributed by atoms with van der Waals surface area (Å²) in [6.07, 6.45) is 0. The molecule has 0 aromatic heterocycles. The molecule has 1 aliphatic rings. The van der Waals surface area contributed by atoms with Gasteiger partial charge in [-0.2, -0.15) is 0 Å². The number of rotatable bonds is 2. The Morgan fingerprint density at radius 1 is 1.30 bits per heavy atom. The highest BCUT2D eigenvalue weighted by atomic mass is 35.5. The van der Waals surface area contributed by atoms with Crippen LogP contribution in [-0.4, -0.2) is 18.0 Å². The number of halogens is 2. The van der Waals surface area contributed by atoms with E-state index in [1.54, 1.807) is 18.2 Å². The summed E-state index contributed by atoms with van der Waals surface area (Å²) in [6.45, 7) is 3.70. The molecular weight excluding hydrogens is 319 g/mol. The van der Waals surface area contributed by atoms with E-state index in [4.69, 9.17) is 16.3 Å². The zero-order valence-electron chi connectivity index (χ0n) is 12.6. The van der Waals surface area contributed by atoms with Gasteiger partial charge in [-0.25, -0.2) is 4.39 Å². The van der Waals surface area contributed by atoms with Crippen LogP contribution in [0.5, 0.6) is 0 Å². The lowest BCUT2D eigenvalue weighted by molar-refractivity contribution is 0.100. The molecule has 0 saturated heterocycles. The van der Waals surface area contributed by atoms with Crippen molar-refractivity contribution < 1.29 is 18.9 Å².